The fourth-order valence-corrected chi connectivity index (χ4v) is 3.78. The first-order chi connectivity index (χ1) is 12.1. The SMILES string of the molecule is Cc1cnc2c(NS(=N)(=O)c3ccc(C(F)(F)F)cc3N)cccc2c1. The van der Waals surface area contributed by atoms with E-state index in [0.717, 1.165) is 23.1 Å². The normalized spacial score (nSPS) is 14.2. The van der Waals surface area contributed by atoms with Crippen LogP contribution in [0.5, 0.6) is 0 Å². The predicted molar refractivity (Wildman–Crippen MR) is 95.1 cm³/mol. The van der Waals surface area contributed by atoms with Crippen molar-refractivity contribution in [2.75, 3.05) is 10.5 Å². The van der Waals surface area contributed by atoms with Gasteiger partial charge in [-0.2, -0.15) is 13.2 Å². The largest absolute Gasteiger partial charge is 0.416 e. The van der Waals surface area contributed by atoms with Gasteiger partial charge in [0.2, 0.25) is 0 Å². The summed E-state index contributed by atoms with van der Waals surface area (Å²) in [5, 5.41) is 0.783. The number of halogens is 3. The number of fused-ring (bicyclic) bond motifs is 1. The summed E-state index contributed by atoms with van der Waals surface area (Å²) in [6, 6.07) is 9.40. The molecule has 3 rings (SSSR count). The highest BCUT2D eigenvalue weighted by atomic mass is 32.2. The van der Waals surface area contributed by atoms with Crippen molar-refractivity contribution in [2.24, 2.45) is 0 Å². The molecule has 3 aromatic rings. The van der Waals surface area contributed by atoms with Gasteiger partial charge in [0.25, 0.3) is 0 Å². The summed E-state index contributed by atoms with van der Waals surface area (Å²) in [6.07, 6.45) is -2.94. The average Bonchev–Trinajstić information content (AvgIpc) is 2.53. The van der Waals surface area contributed by atoms with E-state index >= 15 is 0 Å². The topological polar surface area (TPSA) is 91.9 Å². The van der Waals surface area contributed by atoms with Crippen molar-refractivity contribution in [1.29, 1.82) is 4.78 Å². The van der Waals surface area contributed by atoms with Gasteiger partial charge in [-0.25, -0.2) is 8.99 Å². The fourth-order valence-electron chi connectivity index (χ4n) is 2.55. The molecular weight excluding hydrogens is 365 g/mol. The van der Waals surface area contributed by atoms with Crippen molar-refractivity contribution < 1.29 is 17.4 Å². The van der Waals surface area contributed by atoms with Gasteiger partial charge in [0, 0.05) is 11.6 Å². The fraction of sp³-hybridized carbons (Fsp3) is 0.118. The van der Waals surface area contributed by atoms with E-state index in [1.165, 1.54) is 0 Å². The molecule has 9 heteroatoms. The smallest absolute Gasteiger partial charge is 0.398 e. The number of benzene rings is 2. The lowest BCUT2D eigenvalue weighted by atomic mass is 10.1. The first-order valence-corrected chi connectivity index (χ1v) is 9.02. The Kier molecular flexibility index (Phi) is 4.27. The van der Waals surface area contributed by atoms with Crippen LogP contribution < -0.4 is 10.5 Å². The summed E-state index contributed by atoms with van der Waals surface area (Å²) in [6.45, 7) is 1.88. The summed E-state index contributed by atoms with van der Waals surface area (Å²) < 4.78 is 61.8. The van der Waals surface area contributed by atoms with Gasteiger partial charge in [0.05, 0.1) is 27.4 Å². The van der Waals surface area contributed by atoms with Crippen molar-refractivity contribution >= 4 is 32.2 Å². The number of nitrogen functional groups attached to an aromatic ring is 1. The van der Waals surface area contributed by atoms with E-state index in [0.29, 0.717) is 17.3 Å². The molecule has 136 valence electrons. The van der Waals surface area contributed by atoms with Gasteiger partial charge in [0.1, 0.15) is 0 Å². The molecule has 0 bridgehead atoms. The Labute approximate surface area is 148 Å². The van der Waals surface area contributed by atoms with Crippen LogP contribution in [0.4, 0.5) is 24.5 Å². The molecule has 0 fully saturated rings. The minimum absolute atomic E-state index is 0.213. The highest BCUT2D eigenvalue weighted by Gasteiger charge is 2.31. The number of pyridine rings is 1. The molecule has 2 aromatic carbocycles. The molecule has 0 radical (unpaired) electrons. The molecule has 0 amide bonds. The zero-order valence-corrected chi connectivity index (χ0v) is 14.4. The van der Waals surface area contributed by atoms with Crippen molar-refractivity contribution in [2.45, 2.75) is 18.0 Å². The van der Waals surface area contributed by atoms with Crippen LogP contribution in [0.1, 0.15) is 11.1 Å². The van der Waals surface area contributed by atoms with E-state index in [1.807, 2.05) is 19.1 Å². The number of nitrogens with one attached hydrogen (secondary N) is 2. The van der Waals surface area contributed by atoms with Gasteiger partial charge < -0.3 is 5.73 Å². The maximum atomic E-state index is 12.8. The standard InChI is InChI=1S/C17H15F3N4OS/c1-10-7-11-3-2-4-14(16(11)23-9-10)24-26(22,25)15-6-5-12(8-13(15)21)17(18,19)20/h2-9H,21H2,1H3,(H2,22,24,25). The molecule has 0 aliphatic rings. The molecule has 1 atom stereocenters. The zero-order valence-electron chi connectivity index (χ0n) is 13.6. The van der Waals surface area contributed by atoms with Gasteiger partial charge >= 0.3 is 6.18 Å². The first kappa shape index (κ1) is 18.0. The predicted octanol–water partition coefficient (Wildman–Crippen LogP) is 4.58. The van der Waals surface area contributed by atoms with Gasteiger partial charge in [-0.1, -0.05) is 12.1 Å². The van der Waals surface area contributed by atoms with Crippen molar-refractivity contribution in [3.63, 3.8) is 0 Å². The molecule has 1 heterocycles. The van der Waals surface area contributed by atoms with E-state index in [1.54, 1.807) is 18.3 Å². The van der Waals surface area contributed by atoms with Gasteiger partial charge in [-0.15, -0.1) is 0 Å². The van der Waals surface area contributed by atoms with Crippen LogP contribution in [0.25, 0.3) is 10.9 Å². The van der Waals surface area contributed by atoms with Crippen molar-refractivity contribution in [3.8, 4) is 0 Å². The Balaban J connectivity index is 2.03. The number of anilines is 2. The molecule has 1 aromatic heterocycles. The molecule has 1 unspecified atom stereocenters. The number of alkyl halides is 3. The monoisotopic (exact) mass is 380 g/mol. The number of aryl methyl sites for hydroxylation is 1. The lowest BCUT2D eigenvalue weighted by Gasteiger charge is -2.16. The molecule has 0 saturated heterocycles. The third kappa shape index (κ3) is 3.43. The summed E-state index contributed by atoms with van der Waals surface area (Å²) in [4.78, 5) is 4.06. The van der Waals surface area contributed by atoms with E-state index < -0.39 is 21.7 Å². The zero-order chi connectivity index (χ0) is 19.1. The molecule has 0 aliphatic carbocycles. The number of hydrogen-bond acceptors (Lipinski definition) is 4. The van der Waals surface area contributed by atoms with E-state index in [-0.39, 0.29) is 10.6 Å². The molecule has 26 heavy (non-hydrogen) atoms. The second kappa shape index (κ2) is 6.17. The van der Waals surface area contributed by atoms with E-state index in [9.17, 15) is 17.4 Å². The van der Waals surface area contributed by atoms with E-state index in [4.69, 9.17) is 10.5 Å². The molecule has 4 N–H and O–H groups in total. The second-order valence-corrected chi connectivity index (χ2v) is 7.55. The van der Waals surface area contributed by atoms with Crippen LogP contribution in [-0.2, 0) is 16.1 Å². The number of nitrogens with zero attached hydrogens (tertiary/aromatic N) is 1. The summed E-state index contributed by atoms with van der Waals surface area (Å²) in [5.41, 5.74) is 6.09. The van der Waals surface area contributed by atoms with Gasteiger partial charge in [0.15, 0.2) is 9.92 Å². The lowest BCUT2D eigenvalue weighted by molar-refractivity contribution is -0.137. The lowest BCUT2D eigenvalue weighted by Crippen LogP contribution is -2.15. The Morgan fingerprint density at radius 2 is 1.92 bits per heavy atom. The van der Waals surface area contributed by atoms with Crippen LogP contribution in [0.15, 0.2) is 53.6 Å². The number of aromatic nitrogens is 1. The van der Waals surface area contributed by atoms with Crippen molar-refractivity contribution in [3.05, 3.63) is 59.8 Å². The molecule has 0 spiro atoms. The Morgan fingerprint density at radius 1 is 1.19 bits per heavy atom. The van der Waals surface area contributed by atoms with E-state index in [2.05, 4.69) is 9.71 Å². The third-order valence-corrected chi connectivity index (χ3v) is 5.25. The third-order valence-electron chi connectivity index (χ3n) is 3.75. The Hall–Kier alpha value is -2.81. The number of rotatable bonds is 3. The molecule has 0 aliphatic heterocycles. The highest BCUT2D eigenvalue weighted by molar-refractivity contribution is 7.93. The van der Waals surface area contributed by atoms with Gasteiger partial charge in [-0.05, 0) is 42.8 Å². The number of nitrogens with two attached hydrogens (primary N) is 1. The molecule has 0 saturated carbocycles. The summed E-state index contributed by atoms with van der Waals surface area (Å²) in [7, 11) is -3.69. The number of hydrogen-bond donors (Lipinski definition) is 3. The van der Waals surface area contributed by atoms with Crippen LogP contribution in [0, 0.1) is 11.7 Å². The summed E-state index contributed by atoms with van der Waals surface area (Å²) >= 11 is 0. The first-order valence-electron chi connectivity index (χ1n) is 7.46. The van der Waals surface area contributed by atoms with Gasteiger partial charge in [-0.3, -0.25) is 9.71 Å². The average molecular weight is 380 g/mol. The maximum Gasteiger partial charge on any atom is 0.416 e. The van der Waals surface area contributed by atoms with Crippen LogP contribution in [-0.4, -0.2) is 9.19 Å². The molecular formula is C17H15F3N4OS. The molecule has 5 nitrogen and oxygen atoms in total. The minimum atomic E-state index is -4.57. The minimum Gasteiger partial charge on any atom is -0.398 e. The highest BCUT2D eigenvalue weighted by Crippen LogP contribution is 2.33. The Bertz CT molecular complexity index is 1090. The van der Waals surface area contributed by atoms with Crippen LogP contribution in [0.2, 0.25) is 0 Å². The van der Waals surface area contributed by atoms with Crippen molar-refractivity contribution in [1.82, 2.24) is 4.98 Å². The summed E-state index contributed by atoms with van der Waals surface area (Å²) in [5.74, 6) is 0. The number of para-hydroxylation sites is 1. The second-order valence-electron chi connectivity index (χ2n) is 5.80. The van der Waals surface area contributed by atoms with Crippen LogP contribution >= 0.6 is 0 Å². The Morgan fingerprint density at radius 3 is 2.58 bits per heavy atom. The maximum absolute atomic E-state index is 12.8. The quantitative estimate of drug-likeness (QED) is 0.581. The van der Waals surface area contributed by atoms with Crippen LogP contribution in [0.3, 0.4) is 0 Å².